The standard InChI is InChI=1S/C19H18N2O3S/c22-25(23,15-4-2-1-3-5-15)21-11-9-16-17-13-20-10-8-14(12-20)24-19(17)7-6-18(16)21/h1-7,9,11,14H,8,10,12-13H2. The van der Waals surface area contributed by atoms with Crippen LogP contribution in [0.2, 0.25) is 0 Å². The molecule has 1 fully saturated rings. The van der Waals surface area contributed by atoms with Gasteiger partial charge in [-0.3, -0.25) is 4.90 Å². The van der Waals surface area contributed by atoms with Crippen molar-refractivity contribution in [2.75, 3.05) is 13.1 Å². The second-order valence-corrected chi connectivity index (χ2v) is 8.48. The number of aromatic nitrogens is 1. The number of ether oxygens (including phenoxy) is 1. The number of nitrogens with zero attached hydrogens (tertiary/aromatic N) is 2. The van der Waals surface area contributed by atoms with Gasteiger partial charge in [0.05, 0.1) is 10.4 Å². The molecule has 1 aromatic heterocycles. The van der Waals surface area contributed by atoms with Gasteiger partial charge in [0, 0.05) is 36.8 Å². The van der Waals surface area contributed by atoms with E-state index in [1.165, 1.54) is 3.97 Å². The van der Waals surface area contributed by atoms with Gasteiger partial charge in [-0.15, -0.1) is 0 Å². The molecule has 0 aliphatic carbocycles. The molecule has 3 aromatic rings. The highest BCUT2D eigenvalue weighted by Gasteiger charge is 2.30. The molecule has 0 amide bonds. The third kappa shape index (κ3) is 2.28. The zero-order valence-electron chi connectivity index (χ0n) is 13.6. The number of benzene rings is 2. The predicted molar refractivity (Wildman–Crippen MR) is 95.3 cm³/mol. The molecule has 0 radical (unpaired) electrons. The van der Waals surface area contributed by atoms with Gasteiger partial charge < -0.3 is 4.74 Å². The van der Waals surface area contributed by atoms with Crippen molar-refractivity contribution < 1.29 is 13.2 Å². The fourth-order valence-corrected chi connectivity index (χ4v) is 5.23. The maximum Gasteiger partial charge on any atom is 0.268 e. The van der Waals surface area contributed by atoms with Gasteiger partial charge in [-0.1, -0.05) is 18.2 Å². The normalized spacial score (nSPS) is 22.4. The van der Waals surface area contributed by atoms with Crippen LogP contribution in [0.3, 0.4) is 0 Å². The Hall–Kier alpha value is -2.31. The van der Waals surface area contributed by atoms with Crippen molar-refractivity contribution >= 4 is 20.9 Å². The lowest BCUT2D eigenvalue weighted by molar-refractivity contribution is 0.215. The largest absolute Gasteiger partial charge is 0.489 e. The molecule has 3 heterocycles. The van der Waals surface area contributed by atoms with E-state index in [2.05, 4.69) is 4.90 Å². The summed E-state index contributed by atoms with van der Waals surface area (Å²) in [7, 11) is -3.61. The fourth-order valence-electron chi connectivity index (χ4n) is 3.86. The van der Waals surface area contributed by atoms with Crippen LogP contribution in [0.1, 0.15) is 12.0 Å². The summed E-state index contributed by atoms with van der Waals surface area (Å²) in [5, 5.41) is 0.949. The Morgan fingerprint density at radius 1 is 1.04 bits per heavy atom. The SMILES string of the molecule is O=S(=O)(c1ccccc1)n1ccc2c3c(ccc21)OC1CCN(C3)C1. The zero-order valence-corrected chi connectivity index (χ0v) is 14.4. The Morgan fingerprint density at radius 2 is 1.88 bits per heavy atom. The van der Waals surface area contributed by atoms with E-state index >= 15 is 0 Å². The highest BCUT2D eigenvalue weighted by Crippen LogP contribution is 2.36. The van der Waals surface area contributed by atoms with Crippen LogP contribution in [0, 0.1) is 0 Å². The average molecular weight is 354 g/mol. The van der Waals surface area contributed by atoms with Gasteiger partial charge in [-0.25, -0.2) is 12.4 Å². The van der Waals surface area contributed by atoms with Crippen molar-refractivity contribution in [2.24, 2.45) is 0 Å². The van der Waals surface area contributed by atoms with Crippen LogP contribution in [-0.2, 0) is 16.6 Å². The molecule has 2 aliphatic rings. The van der Waals surface area contributed by atoms with E-state index in [0.29, 0.717) is 10.4 Å². The van der Waals surface area contributed by atoms with Crippen LogP contribution in [0.25, 0.3) is 10.9 Å². The van der Waals surface area contributed by atoms with Gasteiger partial charge in [0.25, 0.3) is 10.0 Å². The summed E-state index contributed by atoms with van der Waals surface area (Å²) in [6, 6.07) is 14.2. The maximum atomic E-state index is 13.0. The Balaban J connectivity index is 1.68. The summed E-state index contributed by atoms with van der Waals surface area (Å²) in [5.74, 6) is 0.884. The number of fused-ring (bicyclic) bond motifs is 5. The first-order valence-corrected chi connectivity index (χ1v) is 9.89. The predicted octanol–water partition coefficient (Wildman–Crippen LogP) is 2.85. The van der Waals surface area contributed by atoms with E-state index in [9.17, 15) is 8.42 Å². The van der Waals surface area contributed by atoms with Gasteiger partial charge in [0.2, 0.25) is 0 Å². The van der Waals surface area contributed by atoms with Crippen LogP contribution in [0.4, 0.5) is 0 Å². The Morgan fingerprint density at radius 3 is 2.72 bits per heavy atom. The van der Waals surface area contributed by atoms with Gasteiger partial charge in [-0.05, 0) is 36.8 Å². The monoisotopic (exact) mass is 354 g/mol. The minimum absolute atomic E-state index is 0.244. The van der Waals surface area contributed by atoms with Crippen molar-refractivity contribution in [3.05, 3.63) is 60.3 Å². The summed E-state index contributed by atoms with van der Waals surface area (Å²) in [6.07, 6.45) is 2.95. The van der Waals surface area contributed by atoms with E-state index < -0.39 is 10.0 Å². The van der Waals surface area contributed by atoms with Gasteiger partial charge in [-0.2, -0.15) is 0 Å². The molecule has 1 saturated heterocycles. The zero-order chi connectivity index (χ0) is 17.0. The van der Waals surface area contributed by atoms with Crippen molar-refractivity contribution in [1.29, 1.82) is 0 Å². The summed E-state index contributed by atoms with van der Waals surface area (Å²) < 4.78 is 33.5. The third-order valence-electron chi connectivity index (χ3n) is 5.11. The lowest BCUT2D eigenvalue weighted by atomic mass is 10.1. The van der Waals surface area contributed by atoms with Crippen LogP contribution in [-0.4, -0.2) is 36.5 Å². The molecule has 2 unspecified atom stereocenters. The second-order valence-electron chi connectivity index (χ2n) is 6.67. The first-order chi connectivity index (χ1) is 12.1. The molecule has 0 N–H and O–H groups in total. The fraction of sp³-hybridized carbons (Fsp3) is 0.263. The van der Waals surface area contributed by atoms with Crippen LogP contribution in [0.5, 0.6) is 5.75 Å². The van der Waals surface area contributed by atoms with Crippen molar-refractivity contribution in [1.82, 2.24) is 8.87 Å². The van der Waals surface area contributed by atoms with Gasteiger partial charge in [0.1, 0.15) is 11.9 Å². The van der Waals surface area contributed by atoms with Crippen molar-refractivity contribution in [3.8, 4) is 5.75 Å². The highest BCUT2D eigenvalue weighted by molar-refractivity contribution is 7.90. The molecule has 0 spiro atoms. The Bertz CT molecular complexity index is 1060. The molecular formula is C19H18N2O3S. The van der Waals surface area contributed by atoms with Crippen LogP contribution in [0.15, 0.2) is 59.6 Å². The van der Waals surface area contributed by atoms with Crippen LogP contribution < -0.4 is 4.74 Å². The molecule has 2 aliphatic heterocycles. The smallest absolute Gasteiger partial charge is 0.268 e. The topological polar surface area (TPSA) is 51.5 Å². The summed E-state index contributed by atoms with van der Waals surface area (Å²) >= 11 is 0. The molecule has 5 nitrogen and oxygen atoms in total. The summed E-state index contributed by atoms with van der Waals surface area (Å²) in [6.45, 7) is 2.78. The van der Waals surface area contributed by atoms with E-state index in [1.54, 1.807) is 30.5 Å². The van der Waals surface area contributed by atoms with Gasteiger partial charge >= 0.3 is 0 Å². The Kier molecular flexibility index (Phi) is 3.20. The number of rotatable bonds is 2. The second kappa shape index (κ2) is 5.34. The molecule has 25 heavy (non-hydrogen) atoms. The molecule has 6 heteroatoms. The van der Waals surface area contributed by atoms with Crippen LogP contribution >= 0.6 is 0 Å². The first-order valence-electron chi connectivity index (χ1n) is 8.45. The third-order valence-corrected chi connectivity index (χ3v) is 6.81. The first kappa shape index (κ1) is 15.0. The molecule has 2 bridgehead atoms. The molecule has 2 atom stereocenters. The lowest BCUT2D eigenvalue weighted by Gasteiger charge is -2.17. The minimum Gasteiger partial charge on any atom is -0.489 e. The number of hydrogen-bond donors (Lipinski definition) is 0. The van der Waals surface area contributed by atoms with E-state index in [1.807, 2.05) is 24.3 Å². The van der Waals surface area contributed by atoms with Crippen molar-refractivity contribution in [3.63, 3.8) is 0 Å². The molecule has 5 rings (SSSR count). The molecule has 0 saturated carbocycles. The van der Waals surface area contributed by atoms with E-state index in [-0.39, 0.29) is 6.10 Å². The quantitative estimate of drug-likeness (QED) is 0.710. The van der Waals surface area contributed by atoms with E-state index in [0.717, 1.165) is 42.8 Å². The van der Waals surface area contributed by atoms with E-state index in [4.69, 9.17) is 4.74 Å². The van der Waals surface area contributed by atoms with Gasteiger partial charge in [0.15, 0.2) is 0 Å². The summed E-state index contributed by atoms with van der Waals surface area (Å²) in [5.41, 5.74) is 1.78. The number of hydrogen-bond acceptors (Lipinski definition) is 4. The maximum absolute atomic E-state index is 13.0. The van der Waals surface area contributed by atoms with Crippen molar-refractivity contribution in [2.45, 2.75) is 24.0 Å². The Labute approximate surface area is 146 Å². The highest BCUT2D eigenvalue weighted by atomic mass is 32.2. The minimum atomic E-state index is -3.61. The molecular weight excluding hydrogens is 336 g/mol. The summed E-state index contributed by atoms with van der Waals surface area (Å²) in [4.78, 5) is 2.67. The average Bonchev–Trinajstić information content (AvgIpc) is 3.19. The molecule has 128 valence electrons. The molecule has 2 aromatic carbocycles. The lowest BCUT2D eigenvalue weighted by Crippen LogP contribution is -2.20.